The summed E-state index contributed by atoms with van der Waals surface area (Å²) >= 11 is 0. The van der Waals surface area contributed by atoms with Gasteiger partial charge in [-0.05, 0) is 26.8 Å². The molecule has 1 saturated carbocycles. The predicted octanol–water partition coefficient (Wildman–Crippen LogP) is 1.21. The highest BCUT2D eigenvalue weighted by atomic mass is 15.3. The summed E-state index contributed by atoms with van der Waals surface area (Å²) in [5.74, 6) is 0. The van der Waals surface area contributed by atoms with E-state index in [0.717, 1.165) is 5.69 Å². The van der Waals surface area contributed by atoms with Crippen molar-refractivity contribution in [3.63, 3.8) is 0 Å². The van der Waals surface area contributed by atoms with Crippen LogP contribution in [0.4, 0.5) is 0 Å². The molecule has 0 aromatic carbocycles. The molecular formula is C12H22N4. The summed E-state index contributed by atoms with van der Waals surface area (Å²) in [7, 11) is 4.15. The van der Waals surface area contributed by atoms with Crippen molar-refractivity contribution in [3.05, 3.63) is 17.5 Å². The van der Waals surface area contributed by atoms with Crippen LogP contribution in [0.25, 0.3) is 0 Å². The third-order valence-electron chi connectivity index (χ3n) is 3.78. The Kier molecular flexibility index (Phi) is 3.30. The van der Waals surface area contributed by atoms with Crippen LogP contribution < -0.4 is 5.73 Å². The second-order valence-electron chi connectivity index (χ2n) is 4.85. The van der Waals surface area contributed by atoms with E-state index in [-0.39, 0.29) is 0 Å². The first kappa shape index (κ1) is 11.6. The van der Waals surface area contributed by atoms with E-state index in [0.29, 0.717) is 18.6 Å². The number of aromatic nitrogens is 2. The quantitative estimate of drug-likeness (QED) is 0.833. The standard InChI is InChI=1S/C12H22N4/c1-9-11(8-15(2)14-9)12(7-13)16(3)10-5-4-6-10/h8,10,12H,4-7,13H2,1-3H3. The van der Waals surface area contributed by atoms with Crippen LogP contribution in [0.3, 0.4) is 0 Å². The summed E-state index contributed by atoms with van der Waals surface area (Å²) in [4.78, 5) is 2.42. The molecule has 1 fully saturated rings. The molecule has 1 heterocycles. The third kappa shape index (κ3) is 1.99. The van der Waals surface area contributed by atoms with Crippen molar-refractivity contribution in [1.29, 1.82) is 0 Å². The van der Waals surface area contributed by atoms with Gasteiger partial charge in [-0.15, -0.1) is 0 Å². The molecule has 16 heavy (non-hydrogen) atoms. The van der Waals surface area contributed by atoms with E-state index in [4.69, 9.17) is 5.73 Å². The van der Waals surface area contributed by atoms with Gasteiger partial charge in [-0.2, -0.15) is 5.10 Å². The molecule has 2 rings (SSSR count). The second-order valence-corrected chi connectivity index (χ2v) is 4.85. The average molecular weight is 222 g/mol. The van der Waals surface area contributed by atoms with Gasteiger partial charge in [0.15, 0.2) is 0 Å². The third-order valence-corrected chi connectivity index (χ3v) is 3.78. The minimum atomic E-state index is 0.319. The molecular weight excluding hydrogens is 200 g/mol. The van der Waals surface area contributed by atoms with Crippen molar-refractivity contribution in [2.24, 2.45) is 12.8 Å². The average Bonchev–Trinajstić information content (AvgIpc) is 2.44. The molecule has 90 valence electrons. The van der Waals surface area contributed by atoms with Crippen molar-refractivity contribution in [3.8, 4) is 0 Å². The maximum Gasteiger partial charge on any atom is 0.0641 e. The summed E-state index contributed by atoms with van der Waals surface area (Å²) in [5.41, 5.74) is 8.30. The summed E-state index contributed by atoms with van der Waals surface area (Å²) in [6, 6.07) is 1.03. The monoisotopic (exact) mass is 222 g/mol. The van der Waals surface area contributed by atoms with Crippen LogP contribution in [0.2, 0.25) is 0 Å². The van der Waals surface area contributed by atoms with E-state index >= 15 is 0 Å². The Bertz CT molecular complexity index is 354. The largest absolute Gasteiger partial charge is 0.329 e. The molecule has 0 saturated heterocycles. The van der Waals surface area contributed by atoms with Crippen LogP contribution in [0, 0.1) is 6.92 Å². The van der Waals surface area contributed by atoms with Crippen LogP contribution in [0.1, 0.15) is 36.6 Å². The van der Waals surface area contributed by atoms with Gasteiger partial charge in [-0.3, -0.25) is 9.58 Å². The molecule has 4 heteroatoms. The van der Waals surface area contributed by atoms with E-state index in [2.05, 4.69) is 30.2 Å². The first-order valence-electron chi connectivity index (χ1n) is 6.05. The molecule has 4 nitrogen and oxygen atoms in total. The highest BCUT2D eigenvalue weighted by Crippen LogP contribution is 2.31. The van der Waals surface area contributed by atoms with Crippen LogP contribution in [-0.4, -0.2) is 34.3 Å². The number of nitrogens with zero attached hydrogens (tertiary/aromatic N) is 3. The number of hydrogen-bond donors (Lipinski definition) is 1. The van der Waals surface area contributed by atoms with Gasteiger partial charge in [0.05, 0.1) is 11.7 Å². The Labute approximate surface area is 97.4 Å². The van der Waals surface area contributed by atoms with Gasteiger partial charge in [0.25, 0.3) is 0 Å². The molecule has 1 atom stereocenters. The van der Waals surface area contributed by atoms with Crippen LogP contribution in [0.5, 0.6) is 0 Å². The normalized spacial score (nSPS) is 18.8. The molecule has 0 amide bonds. The Morgan fingerprint density at radius 3 is 2.69 bits per heavy atom. The Morgan fingerprint density at radius 1 is 1.62 bits per heavy atom. The van der Waals surface area contributed by atoms with Gasteiger partial charge < -0.3 is 5.73 Å². The van der Waals surface area contributed by atoms with Gasteiger partial charge >= 0.3 is 0 Å². The van der Waals surface area contributed by atoms with Gasteiger partial charge in [0.1, 0.15) is 0 Å². The van der Waals surface area contributed by atoms with Crippen molar-refractivity contribution < 1.29 is 0 Å². The Balaban J connectivity index is 2.17. The van der Waals surface area contributed by atoms with E-state index in [1.807, 2.05) is 11.7 Å². The van der Waals surface area contributed by atoms with Crippen molar-refractivity contribution >= 4 is 0 Å². The highest BCUT2D eigenvalue weighted by molar-refractivity contribution is 5.21. The van der Waals surface area contributed by atoms with Crippen molar-refractivity contribution in [2.45, 2.75) is 38.3 Å². The summed E-state index contributed by atoms with van der Waals surface area (Å²) in [6.45, 7) is 2.73. The van der Waals surface area contributed by atoms with Crippen molar-refractivity contribution in [1.82, 2.24) is 14.7 Å². The fourth-order valence-corrected chi connectivity index (χ4v) is 2.51. The molecule has 0 aliphatic heterocycles. The van der Waals surface area contributed by atoms with Crippen LogP contribution in [-0.2, 0) is 7.05 Å². The highest BCUT2D eigenvalue weighted by Gasteiger charge is 2.29. The lowest BCUT2D eigenvalue weighted by atomic mass is 9.90. The zero-order valence-corrected chi connectivity index (χ0v) is 10.5. The molecule has 1 aromatic heterocycles. The molecule has 0 radical (unpaired) electrons. The minimum absolute atomic E-state index is 0.319. The maximum absolute atomic E-state index is 5.92. The van der Waals surface area contributed by atoms with Crippen LogP contribution >= 0.6 is 0 Å². The van der Waals surface area contributed by atoms with Gasteiger partial charge in [-0.1, -0.05) is 6.42 Å². The zero-order chi connectivity index (χ0) is 11.7. The number of rotatable bonds is 4. The number of aryl methyl sites for hydroxylation is 2. The van der Waals surface area contributed by atoms with E-state index in [9.17, 15) is 0 Å². The van der Waals surface area contributed by atoms with Gasteiger partial charge in [0.2, 0.25) is 0 Å². The fraction of sp³-hybridized carbons (Fsp3) is 0.750. The lowest BCUT2D eigenvalue weighted by Crippen LogP contribution is -2.42. The first-order chi connectivity index (χ1) is 7.63. The number of hydrogen-bond acceptors (Lipinski definition) is 3. The molecule has 1 unspecified atom stereocenters. The Hall–Kier alpha value is -0.870. The van der Waals surface area contributed by atoms with E-state index < -0.39 is 0 Å². The second kappa shape index (κ2) is 4.55. The molecule has 1 aliphatic carbocycles. The topological polar surface area (TPSA) is 47.1 Å². The molecule has 2 N–H and O–H groups in total. The van der Waals surface area contributed by atoms with Gasteiger partial charge in [-0.25, -0.2) is 0 Å². The summed E-state index contributed by atoms with van der Waals surface area (Å²) in [5, 5.41) is 4.40. The summed E-state index contributed by atoms with van der Waals surface area (Å²) < 4.78 is 1.88. The van der Waals surface area contributed by atoms with Gasteiger partial charge in [0, 0.05) is 31.4 Å². The number of nitrogens with two attached hydrogens (primary N) is 1. The minimum Gasteiger partial charge on any atom is -0.329 e. The smallest absolute Gasteiger partial charge is 0.0641 e. The molecule has 0 spiro atoms. The fourth-order valence-electron chi connectivity index (χ4n) is 2.51. The van der Waals surface area contributed by atoms with Crippen molar-refractivity contribution in [2.75, 3.05) is 13.6 Å². The van der Waals surface area contributed by atoms with E-state index in [1.165, 1.54) is 24.8 Å². The Morgan fingerprint density at radius 2 is 2.31 bits per heavy atom. The lowest BCUT2D eigenvalue weighted by molar-refractivity contribution is 0.113. The maximum atomic E-state index is 5.92. The first-order valence-corrected chi connectivity index (χ1v) is 6.05. The molecule has 0 bridgehead atoms. The lowest BCUT2D eigenvalue weighted by Gasteiger charge is -2.39. The summed E-state index contributed by atoms with van der Waals surface area (Å²) in [6.07, 6.45) is 6.08. The SMILES string of the molecule is Cc1nn(C)cc1C(CN)N(C)C1CCC1. The molecule has 1 aliphatic rings. The zero-order valence-electron chi connectivity index (χ0n) is 10.5. The van der Waals surface area contributed by atoms with Crippen LogP contribution in [0.15, 0.2) is 6.20 Å². The molecule has 1 aromatic rings. The predicted molar refractivity (Wildman–Crippen MR) is 65.1 cm³/mol. The number of likely N-dealkylation sites (N-methyl/N-ethyl adjacent to an activating group) is 1. The van der Waals surface area contributed by atoms with E-state index in [1.54, 1.807) is 0 Å².